The van der Waals surface area contributed by atoms with Crippen LogP contribution in [0.2, 0.25) is 0 Å². The van der Waals surface area contributed by atoms with Gasteiger partial charge in [0, 0.05) is 0 Å². The summed E-state index contributed by atoms with van der Waals surface area (Å²) in [4.78, 5) is 22.5. The molecule has 0 radical (unpaired) electrons. The highest BCUT2D eigenvalue weighted by Crippen LogP contribution is 2.05. The monoisotopic (exact) mass is 251 g/mol. The van der Waals surface area contributed by atoms with Crippen LogP contribution in [0.5, 0.6) is 0 Å². The second-order valence-electron chi connectivity index (χ2n) is 3.78. The minimum atomic E-state index is -1.01. The highest BCUT2D eigenvalue weighted by atomic mass is 35.5. The molecule has 1 fully saturated rings. The maximum Gasteiger partial charge on any atom is 0.242 e. The van der Waals surface area contributed by atoms with Gasteiger partial charge in [0.25, 0.3) is 0 Å². The zero-order valence-electron chi connectivity index (χ0n) is 9.10. The lowest BCUT2D eigenvalue weighted by molar-refractivity contribution is -0.130. The normalized spacial score (nSPS) is 23.0. The third-order valence-corrected chi connectivity index (χ3v) is 2.46. The van der Waals surface area contributed by atoms with E-state index < -0.39 is 18.1 Å². The molecule has 0 aromatic rings. The second-order valence-corrected chi connectivity index (χ2v) is 3.78. The van der Waals surface area contributed by atoms with Crippen LogP contribution in [0.3, 0.4) is 0 Å². The molecule has 3 atom stereocenters. The van der Waals surface area contributed by atoms with Crippen molar-refractivity contribution >= 4 is 24.2 Å². The number of primary amides is 1. The SMILES string of the molecule is C[C@@H](O)[C@H](NC(=O)C1CCCN1)C(N)=O.Cl. The van der Waals surface area contributed by atoms with Crippen molar-refractivity contribution < 1.29 is 14.7 Å². The van der Waals surface area contributed by atoms with E-state index in [1.807, 2.05) is 0 Å². The fourth-order valence-electron chi connectivity index (χ4n) is 1.59. The number of carbonyl (C=O) groups excluding carboxylic acids is 2. The molecule has 0 aromatic carbocycles. The number of amides is 2. The lowest BCUT2D eigenvalue weighted by Crippen LogP contribution is -2.54. The molecular formula is C9H18ClN3O3. The molecule has 7 heteroatoms. The average Bonchev–Trinajstić information content (AvgIpc) is 2.65. The Morgan fingerprint density at radius 1 is 1.56 bits per heavy atom. The first kappa shape index (κ1) is 15.2. The van der Waals surface area contributed by atoms with Crippen LogP contribution in [0.1, 0.15) is 19.8 Å². The fraction of sp³-hybridized carbons (Fsp3) is 0.778. The Bertz CT molecular complexity index is 254. The zero-order chi connectivity index (χ0) is 11.4. The van der Waals surface area contributed by atoms with Crippen LogP contribution in [0.15, 0.2) is 0 Å². The number of carbonyl (C=O) groups is 2. The molecule has 94 valence electrons. The van der Waals surface area contributed by atoms with E-state index in [9.17, 15) is 14.7 Å². The Morgan fingerprint density at radius 2 is 2.19 bits per heavy atom. The van der Waals surface area contributed by atoms with E-state index in [0.29, 0.717) is 0 Å². The summed E-state index contributed by atoms with van der Waals surface area (Å²) in [5.41, 5.74) is 5.05. The average molecular weight is 252 g/mol. The number of nitrogens with one attached hydrogen (secondary N) is 2. The Morgan fingerprint density at radius 3 is 2.56 bits per heavy atom. The van der Waals surface area contributed by atoms with Gasteiger partial charge in [-0.1, -0.05) is 0 Å². The first-order chi connectivity index (χ1) is 7.02. The van der Waals surface area contributed by atoms with Crippen LogP contribution in [-0.2, 0) is 9.59 Å². The topological polar surface area (TPSA) is 104 Å². The van der Waals surface area contributed by atoms with E-state index in [4.69, 9.17) is 5.73 Å². The summed E-state index contributed by atoms with van der Waals surface area (Å²) < 4.78 is 0. The minimum absolute atomic E-state index is 0. The van der Waals surface area contributed by atoms with Gasteiger partial charge in [-0.25, -0.2) is 0 Å². The van der Waals surface area contributed by atoms with Gasteiger partial charge in [0.05, 0.1) is 12.1 Å². The number of aliphatic hydroxyl groups is 1. The molecular weight excluding hydrogens is 234 g/mol. The van der Waals surface area contributed by atoms with Crippen LogP contribution in [-0.4, -0.2) is 41.7 Å². The highest BCUT2D eigenvalue weighted by molar-refractivity contribution is 5.89. The van der Waals surface area contributed by atoms with Crippen molar-refractivity contribution in [1.82, 2.24) is 10.6 Å². The molecule has 0 aromatic heterocycles. The second kappa shape index (κ2) is 6.67. The van der Waals surface area contributed by atoms with Gasteiger partial charge in [-0.15, -0.1) is 12.4 Å². The fourth-order valence-corrected chi connectivity index (χ4v) is 1.59. The lowest BCUT2D eigenvalue weighted by atomic mass is 10.1. The van der Waals surface area contributed by atoms with Crippen molar-refractivity contribution in [2.75, 3.05) is 6.54 Å². The van der Waals surface area contributed by atoms with Gasteiger partial charge < -0.3 is 21.5 Å². The number of rotatable bonds is 4. The van der Waals surface area contributed by atoms with Crippen molar-refractivity contribution in [3.05, 3.63) is 0 Å². The summed E-state index contributed by atoms with van der Waals surface area (Å²) >= 11 is 0. The number of aliphatic hydroxyl groups excluding tert-OH is 1. The van der Waals surface area contributed by atoms with E-state index >= 15 is 0 Å². The number of hydrogen-bond donors (Lipinski definition) is 4. The molecule has 1 aliphatic heterocycles. The summed E-state index contributed by atoms with van der Waals surface area (Å²) in [5.74, 6) is -1.01. The Kier molecular flexibility index (Phi) is 6.32. The molecule has 1 heterocycles. The van der Waals surface area contributed by atoms with Crippen LogP contribution in [0.4, 0.5) is 0 Å². The van der Waals surface area contributed by atoms with Crippen molar-refractivity contribution in [3.63, 3.8) is 0 Å². The maximum atomic E-state index is 11.6. The highest BCUT2D eigenvalue weighted by Gasteiger charge is 2.28. The summed E-state index contributed by atoms with van der Waals surface area (Å²) in [5, 5.41) is 14.7. The summed E-state index contributed by atoms with van der Waals surface area (Å²) in [7, 11) is 0. The number of halogens is 1. The molecule has 1 aliphatic rings. The molecule has 0 saturated carbocycles. The van der Waals surface area contributed by atoms with Gasteiger partial charge in [-0.2, -0.15) is 0 Å². The predicted molar refractivity (Wildman–Crippen MR) is 61.1 cm³/mol. The molecule has 1 saturated heterocycles. The van der Waals surface area contributed by atoms with Gasteiger partial charge >= 0.3 is 0 Å². The molecule has 6 nitrogen and oxygen atoms in total. The number of nitrogens with two attached hydrogens (primary N) is 1. The minimum Gasteiger partial charge on any atom is -0.391 e. The Hall–Kier alpha value is -0.850. The first-order valence-electron chi connectivity index (χ1n) is 5.03. The van der Waals surface area contributed by atoms with Crippen molar-refractivity contribution in [3.8, 4) is 0 Å². The number of hydrogen-bond acceptors (Lipinski definition) is 4. The predicted octanol–water partition coefficient (Wildman–Crippen LogP) is -1.49. The first-order valence-corrected chi connectivity index (χ1v) is 5.03. The van der Waals surface area contributed by atoms with Gasteiger partial charge in [0.15, 0.2) is 0 Å². The molecule has 1 rings (SSSR count). The van der Waals surface area contributed by atoms with Crippen LogP contribution < -0.4 is 16.4 Å². The Balaban J connectivity index is 0.00000225. The Labute approximate surface area is 100 Å². The van der Waals surface area contributed by atoms with Gasteiger partial charge in [0.2, 0.25) is 11.8 Å². The van der Waals surface area contributed by atoms with Crippen molar-refractivity contribution in [1.29, 1.82) is 0 Å². The van der Waals surface area contributed by atoms with Gasteiger partial charge in [-0.3, -0.25) is 9.59 Å². The molecule has 0 spiro atoms. The smallest absolute Gasteiger partial charge is 0.242 e. The molecule has 0 bridgehead atoms. The zero-order valence-corrected chi connectivity index (χ0v) is 9.92. The summed E-state index contributed by atoms with van der Waals surface area (Å²) in [6.07, 6.45) is 0.707. The summed E-state index contributed by atoms with van der Waals surface area (Å²) in [6.45, 7) is 2.21. The van der Waals surface area contributed by atoms with Gasteiger partial charge in [0.1, 0.15) is 6.04 Å². The quantitative estimate of drug-likeness (QED) is 0.489. The largest absolute Gasteiger partial charge is 0.391 e. The van der Waals surface area contributed by atoms with Gasteiger partial charge in [-0.05, 0) is 26.3 Å². The standard InChI is InChI=1S/C9H17N3O3.ClH/c1-5(13)7(8(10)14)12-9(15)6-3-2-4-11-6;/h5-7,11,13H,2-4H2,1H3,(H2,10,14)(H,12,15);1H/t5-,6?,7+;/m1./s1. The summed E-state index contributed by atoms with van der Waals surface area (Å²) in [6, 6.07) is -1.29. The maximum absolute atomic E-state index is 11.6. The van der Waals surface area contributed by atoms with Crippen molar-refractivity contribution in [2.24, 2.45) is 5.73 Å². The van der Waals surface area contributed by atoms with E-state index in [2.05, 4.69) is 10.6 Å². The molecule has 2 amide bonds. The van der Waals surface area contributed by atoms with Crippen LogP contribution >= 0.6 is 12.4 Å². The van der Waals surface area contributed by atoms with E-state index in [-0.39, 0.29) is 24.4 Å². The third kappa shape index (κ3) is 3.96. The van der Waals surface area contributed by atoms with Crippen LogP contribution in [0, 0.1) is 0 Å². The third-order valence-electron chi connectivity index (χ3n) is 2.46. The van der Waals surface area contributed by atoms with Crippen LogP contribution in [0.25, 0.3) is 0 Å². The van der Waals surface area contributed by atoms with E-state index in [0.717, 1.165) is 19.4 Å². The molecule has 1 unspecified atom stereocenters. The molecule has 0 aliphatic carbocycles. The molecule has 16 heavy (non-hydrogen) atoms. The van der Waals surface area contributed by atoms with E-state index in [1.54, 1.807) is 0 Å². The van der Waals surface area contributed by atoms with Crippen molar-refractivity contribution in [2.45, 2.75) is 38.0 Å². The lowest BCUT2D eigenvalue weighted by Gasteiger charge is -2.20. The molecule has 5 N–H and O–H groups in total. The van der Waals surface area contributed by atoms with E-state index in [1.165, 1.54) is 6.92 Å².